The van der Waals surface area contributed by atoms with Crippen molar-refractivity contribution in [3.05, 3.63) is 51.5 Å². The highest BCUT2D eigenvalue weighted by molar-refractivity contribution is 9.10. The van der Waals surface area contributed by atoms with Crippen molar-refractivity contribution in [3.8, 4) is 0 Å². The lowest BCUT2D eigenvalue weighted by Crippen LogP contribution is -2.23. The van der Waals surface area contributed by atoms with E-state index in [0.717, 1.165) is 23.1 Å². The van der Waals surface area contributed by atoms with E-state index < -0.39 is 0 Å². The number of carbonyl (C=O) groups excluding carboxylic acids is 1. The van der Waals surface area contributed by atoms with Crippen molar-refractivity contribution in [2.24, 2.45) is 0 Å². The first-order chi connectivity index (χ1) is 9.72. The molecule has 2 aromatic rings. The SMILES string of the molecule is O=C(NCc1nc2c([nH]1)CCCC2)c1cccc(Br)c1. The molecule has 0 atom stereocenters. The summed E-state index contributed by atoms with van der Waals surface area (Å²) in [5, 5.41) is 2.90. The van der Waals surface area contributed by atoms with E-state index in [1.54, 1.807) is 6.07 Å². The van der Waals surface area contributed by atoms with Crippen LogP contribution in [-0.2, 0) is 19.4 Å². The van der Waals surface area contributed by atoms with Crippen molar-refractivity contribution in [1.82, 2.24) is 15.3 Å². The largest absolute Gasteiger partial charge is 0.345 e. The Morgan fingerprint density at radius 3 is 3.00 bits per heavy atom. The lowest BCUT2D eigenvalue weighted by atomic mass is 10.0. The number of aromatic amines is 1. The number of rotatable bonds is 3. The van der Waals surface area contributed by atoms with Gasteiger partial charge in [-0.25, -0.2) is 4.98 Å². The first-order valence-corrected chi connectivity index (χ1v) is 7.62. The van der Waals surface area contributed by atoms with Gasteiger partial charge in [-0.05, 0) is 43.9 Å². The quantitative estimate of drug-likeness (QED) is 0.907. The number of amides is 1. The van der Waals surface area contributed by atoms with Gasteiger partial charge < -0.3 is 10.3 Å². The van der Waals surface area contributed by atoms with Crippen molar-refractivity contribution < 1.29 is 4.79 Å². The second kappa shape index (κ2) is 5.79. The average molecular weight is 334 g/mol. The summed E-state index contributed by atoms with van der Waals surface area (Å²) >= 11 is 3.37. The zero-order chi connectivity index (χ0) is 13.9. The van der Waals surface area contributed by atoms with Crippen molar-refractivity contribution in [2.75, 3.05) is 0 Å². The number of nitrogens with one attached hydrogen (secondary N) is 2. The van der Waals surface area contributed by atoms with Crippen LogP contribution in [0.15, 0.2) is 28.7 Å². The number of benzene rings is 1. The minimum atomic E-state index is -0.0827. The Labute approximate surface area is 126 Å². The van der Waals surface area contributed by atoms with Gasteiger partial charge in [-0.1, -0.05) is 22.0 Å². The number of nitrogens with zero attached hydrogens (tertiary/aromatic N) is 1. The summed E-state index contributed by atoms with van der Waals surface area (Å²) in [5.74, 6) is 0.765. The number of carbonyl (C=O) groups is 1. The lowest BCUT2D eigenvalue weighted by molar-refractivity contribution is 0.0950. The number of hydrogen-bond acceptors (Lipinski definition) is 2. The van der Waals surface area contributed by atoms with Crippen LogP contribution in [0.25, 0.3) is 0 Å². The van der Waals surface area contributed by atoms with Crippen LogP contribution < -0.4 is 5.32 Å². The molecule has 1 aliphatic rings. The standard InChI is InChI=1S/C15H16BrN3O/c16-11-5-3-4-10(8-11)15(20)17-9-14-18-12-6-1-2-7-13(12)19-14/h3-5,8H,1-2,6-7,9H2,(H,17,20)(H,18,19). The Balaban J connectivity index is 1.64. The third kappa shape index (κ3) is 2.93. The fourth-order valence-electron chi connectivity index (χ4n) is 2.49. The average Bonchev–Trinajstić information content (AvgIpc) is 2.87. The van der Waals surface area contributed by atoms with E-state index in [-0.39, 0.29) is 5.91 Å². The summed E-state index contributed by atoms with van der Waals surface area (Å²) in [6.45, 7) is 0.443. The third-order valence-electron chi connectivity index (χ3n) is 3.51. The van der Waals surface area contributed by atoms with Gasteiger partial charge in [0.05, 0.1) is 12.2 Å². The molecule has 0 saturated carbocycles. The van der Waals surface area contributed by atoms with Crippen molar-refractivity contribution in [1.29, 1.82) is 0 Å². The molecule has 104 valence electrons. The number of aromatic nitrogens is 2. The number of aryl methyl sites for hydroxylation is 2. The van der Waals surface area contributed by atoms with Crippen LogP contribution in [0.2, 0.25) is 0 Å². The normalized spacial score (nSPS) is 13.8. The molecule has 5 heteroatoms. The van der Waals surface area contributed by atoms with Crippen LogP contribution in [0.4, 0.5) is 0 Å². The van der Waals surface area contributed by atoms with Gasteiger partial charge in [-0.15, -0.1) is 0 Å². The predicted octanol–water partition coefficient (Wildman–Crippen LogP) is 2.98. The maximum atomic E-state index is 12.0. The fraction of sp³-hybridized carbons (Fsp3) is 0.333. The van der Waals surface area contributed by atoms with Crippen LogP contribution in [0.5, 0.6) is 0 Å². The zero-order valence-corrected chi connectivity index (χ0v) is 12.7. The molecular weight excluding hydrogens is 318 g/mol. The molecule has 20 heavy (non-hydrogen) atoms. The monoisotopic (exact) mass is 333 g/mol. The van der Waals surface area contributed by atoms with E-state index in [2.05, 4.69) is 31.2 Å². The van der Waals surface area contributed by atoms with E-state index in [0.29, 0.717) is 12.1 Å². The van der Waals surface area contributed by atoms with E-state index in [4.69, 9.17) is 0 Å². The van der Waals surface area contributed by atoms with E-state index in [1.807, 2.05) is 18.2 Å². The van der Waals surface area contributed by atoms with Gasteiger partial charge in [0.2, 0.25) is 0 Å². The van der Waals surface area contributed by atoms with Crippen molar-refractivity contribution >= 4 is 21.8 Å². The minimum absolute atomic E-state index is 0.0827. The smallest absolute Gasteiger partial charge is 0.251 e. The van der Waals surface area contributed by atoms with Crippen LogP contribution in [0.1, 0.15) is 40.4 Å². The molecule has 1 amide bonds. The lowest BCUT2D eigenvalue weighted by Gasteiger charge is -2.07. The van der Waals surface area contributed by atoms with Gasteiger partial charge >= 0.3 is 0 Å². The second-order valence-electron chi connectivity index (χ2n) is 5.01. The van der Waals surface area contributed by atoms with E-state index in [1.165, 1.54) is 24.2 Å². The van der Waals surface area contributed by atoms with Crippen LogP contribution in [0, 0.1) is 0 Å². The van der Waals surface area contributed by atoms with E-state index in [9.17, 15) is 4.79 Å². The first kappa shape index (κ1) is 13.4. The Hall–Kier alpha value is -1.62. The number of imidazole rings is 1. The zero-order valence-electron chi connectivity index (χ0n) is 11.1. The number of halogens is 1. The van der Waals surface area contributed by atoms with Crippen LogP contribution in [0.3, 0.4) is 0 Å². The Morgan fingerprint density at radius 1 is 1.35 bits per heavy atom. The molecule has 1 aromatic heterocycles. The maximum Gasteiger partial charge on any atom is 0.251 e. The van der Waals surface area contributed by atoms with Crippen molar-refractivity contribution in [2.45, 2.75) is 32.2 Å². The molecule has 4 nitrogen and oxygen atoms in total. The highest BCUT2D eigenvalue weighted by Gasteiger charge is 2.14. The molecule has 1 aromatic carbocycles. The van der Waals surface area contributed by atoms with Crippen LogP contribution in [-0.4, -0.2) is 15.9 Å². The molecule has 2 N–H and O–H groups in total. The molecule has 1 aliphatic carbocycles. The Kier molecular flexibility index (Phi) is 3.87. The van der Waals surface area contributed by atoms with Gasteiger partial charge in [0.15, 0.2) is 0 Å². The third-order valence-corrected chi connectivity index (χ3v) is 4.00. The summed E-state index contributed by atoms with van der Waals surface area (Å²) < 4.78 is 0.901. The number of hydrogen-bond donors (Lipinski definition) is 2. The maximum absolute atomic E-state index is 12.0. The van der Waals surface area contributed by atoms with Gasteiger partial charge in [0.1, 0.15) is 5.82 Å². The number of fused-ring (bicyclic) bond motifs is 1. The molecular formula is C15H16BrN3O. The molecule has 0 saturated heterocycles. The summed E-state index contributed by atoms with van der Waals surface area (Å²) in [6, 6.07) is 7.36. The summed E-state index contributed by atoms with van der Waals surface area (Å²) in [6.07, 6.45) is 4.55. The Bertz CT molecular complexity index is 612. The minimum Gasteiger partial charge on any atom is -0.345 e. The summed E-state index contributed by atoms with van der Waals surface area (Å²) in [4.78, 5) is 19.9. The molecule has 0 aliphatic heterocycles. The molecule has 0 fully saturated rings. The molecule has 1 heterocycles. The topological polar surface area (TPSA) is 57.8 Å². The van der Waals surface area contributed by atoms with Gasteiger partial charge in [0.25, 0.3) is 5.91 Å². The molecule has 0 spiro atoms. The summed E-state index contributed by atoms with van der Waals surface area (Å²) in [5.41, 5.74) is 3.06. The summed E-state index contributed by atoms with van der Waals surface area (Å²) in [7, 11) is 0. The molecule has 0 unspecified atom stereocenters. The van der Waals surface area contributed by atoms with Crippen LogP contribution >= 0.6 is 15.9 Å². The van der Waals surface area contributed by atoms with Crippen molar-refractivity contribution in [3.63, 3.8) is 0 Å². The fourth-order valence-corrected chi connectivity index (χ4v) is 2.89. The van der Waals surface area contributed by atoms with Gasteiger partial charge in [0, 0.05) is 15.7 Å². The highest BCUT2D eigenvalue weighted by atomic mass is 79.9. The van der Waals surface area contributed by atoms with E-state index >= 15 is 0 Å². The Morgan fingerprint density at radius 2 is 2.20 bits per heavy atom. The number of H-pyrrole nitrogens is 1. The first-order valence-electron chi connectivity index (χ1n) is 6.83. The predicted molar refractivity (Wildman–Crippen MR) is 80.5 cm³/mol. The molecule has 0 bridgehead atoms. The molecule has 0 radical (unpaired) electrons. The molecule has 3 rings (SSSR count). The van der Waals surface area contributed by atoms with Gasteiger partial charge in [-0.2, -0.15) is 0 Å². The highest BCUT2D eigenvalue weighted by Crippen LogP contribution is 2.18. The second-order valence-corrected chi connectivity index (χ2v) is 5.92. The van der Waals surface area contributed by atoms with Gasteiger partial charge in [-0.3, -0.25) is 4.79 Å².